The molecule has 0 saturated carbocycles. The lowest BCUT2D eigenvalue weighted by Gasteiger charge is -2.09. The fourth-order valence-electron chi connectivity index (χ4n) is 2.73. The van der Waals surface area contributed by atoms with E-state index in [1.807, 2.05) is 67.6 Å². The molecule has 5 nitrogen and oxygen atoms in total. The van der Waals surface area contributed by atoms with Gasteiger partial charge in [0.05, 0.1) is 12.3 Å². The second-order valence-corrected chi connectivity index (χ2v) is 6.87. The van der Waals surface area contributed by atoms with Gasteiger partial charge >= 0.3 is 0 Å². The van der Waals surface area contributed by atoms with Crippen molar-refractivity contribution in [1.29, 1.82) is 0 Å². The number of rotatable bonds is 8. The molecule has 0 spiro atoms. The SMILES string of the molecule is Cc1cc(Cl)ccc1OCCCC(=O)N/N=C(\c1ccccc1)c1ccccn1. The predicted octanol–water partition coefficient (Wildman–Crippen LogP) is 4.77. The molecule has 0 unspecified atom stereocenters. The third-order valence-electron chi connectivity index (χ3n) is 4.19. The van der Waals surface area contributed by atoms with E-state index in [-0.39, 0.29) is 5.91 Å². The van der Waals surface area contributed by atoms with Gasteiger partial charge in [-0.15, -0.1) is 0 Å². The van der Waals surface area contributed by atoms with Gasteiger partial charge in [-0.2, -0.15) is 5.10 Å². The van der Waals surface area contributed by atoms with Gasteiger partial charge in [-0.05, 0) is 49.2 Å². The molecule has 1 heterocycles. The summed E-state index contributed by atoms with van der Waals surface area (Å²) in [4.78, 5) is 16.6. The van der Waals surface area contributed by atoms with Crippen LogP contribution in [0, 0.1) is 6.92 Å². The summed E-state index contributed by atoms with van der Waals surface area (Å²) < 4.78 is 5.72. The lowest BCUT2D eigenvalue weighted by molar-refractivity contribution is -0.121. The molecular formula is C23H22ClN3O2. The smallest absolute Gasteiger partial charge is 0.240 e. The number of aryl methyl sites for hydroxylation is 1. The number of pyridine rings is 1. The van der Waals surface area contributed by atoms with Crippen LogP contribution in [0.5, 0.6) is 5.75 Å². The topological polar surface area (TPSA) is 63.6 Å². The van der Waals surface area contributed by atoms with E-state index in [2.05, 4.69) is 15.5 Å². The average Bonchev–Trinajstić information content (AvgIpc) is 2.74. The van der Waals surface area contributed by atoms with Crippen molar-refractivity contribution in [3.05, 3.63) is 94.8 Å². The van der Waals surface area contributed by atoms with Crippen LogP contribution in [0.2, 0.25) is 5.02 Å². The minimum atomic E-state index is -0.175. The van der Waals surface area contributed by atoms with Crippen LogP contribution in [0.4, 0.5) is 0 Å². The van der Waals surface area contributed by atoms with Crippen LogP contribution in [0.1, 0.15) is 29.7 Å². The van der Waals surface area contributed by atoms with Crippen molar-refractivity contribution in [2.75, 3.05) is 6.61 Å². The summed E-state index contributed by atoms with van der Waals surface area (Å²) in [6, 6.07) is 20.7. The van der Waals surface area contributed by atoms with Crippen LogP contribution in [0.25, 0.3) is 0 Å². The highest BCUT2D eigenvalue weighted by atomic mass is 35.5. The number of aromatic nitrogens is 1. The van der Waals surface area contributed by atoms with E-state index >= 15 is 0 Å². The Bertz CT molecular complexity index is 934. The van der Waals surface area contributed by atoms with Crippen LogP contribution in [0.15, 0.2) is 78.0 Å². The van der Waals surface area contributed by atoms with Crippen LogP contribution in [0.3, 0.4) is 0 Å². The van der Waals surface area contributed by atoms with Crippen molar-refractivity contribution < 1.29 is 9.53 Å². The first-order valence-corrected chi connectivity index (χ1v) is 9.73. The highest BCUT2D eigenvalue weighted by Gasteiger charge is 2.09. The van der Waals surface area contributed by atoms with Crippen molar-refractivity contribution in [2.24, 2.45) is 5.10 Å². The second-order valence-electron chi connectivity index (χ2n) is 6.44. The molecule has 0 radical (unpaired) electrons. The first-order valence-electron chi connectivity index (χ1n) is 9.36. The van der Waals surface area contributed by atoms with Gasteiger partial charge in [0, 0.05) is 23.2 Å². The van der Waals surface area contributed by atoms with Crippen LogP contribution >= 0.6 is 11.6 Å². The number of nitrogens with zero attached hydrogens (tertiary/aromatic N) is 2. The van der Waals surface area contributed by atoms with E-state index in [9.17, 15) is 4.79 Å². The van der Waals surface area contributed by atoms with Crippen molar-refractivity contribution >= 4 is 23.2 Å². The average molecular weight is 408 g/mol. The van der Waals surface area contributed by atoms with Crippen LogP contribution < -0.4 is 10.2 Å². The minimum Gasteiger partial charge on any atom is -0.493 e. The maximum Gasteiger partial charge on any atom is 0.240 e. The zero-order valence-electron chi connectivity index (χ0n) is 16.1. The first kappa shape index (κ1) is 20.6. The largest absolute Gasteiger partial charge is 0.493 e. The lowest BCUT2D eigenvalue weighted by atomic mass is 10.1. The predicted molar refractivity (Wildman–Crippen MR) is 115 cm³/mol. The molecule has 6 heteroatoms. The Morgan fingerprint density at radius 2 is 1.90 bits per heavy atom. The number of hydrogen-bond acceptors (Lipinski definition) is 4. The molecule has 0 fully saturated rings. The second kappa shape index (κ2) is 10.4. The first-order chi connectivity index (χ1) is 14.1. The normalized spacial score (nSPS) is 11.2. The number of amides is 1. The summed E-state index contributed by atoms with van der Waals surface area (Å²) in [5, 5.41) is 5.00. The fourth-order valence-corrected chi connectivity index (χ4v) is 2.96. The summed E-state index contributed by atoms with van der Waals surface area (Å²) in [5.74, 6) is 0.597. The Balaban J connectivity index is 1.56. The van der Waals surface area contributed by atoms with E-state index in [0.717, 1.165) is 16.9 Å². The fraction of sp³-hybridized carbons (Fsp3) is 0.174. The van der Waals surface area contributed by atoms with Gasteiger partial charge in [-0.25, -0.2) is 5.43 Å². The van der Waals surface area contributed by atoms with Crippen molar-refractivity contribution in [3.63, 3.8) is 0 Å². The van der Waals surface area contributed by atoms with Gasteiger partial charge in [0.25, 0.3) is 0 Å². The summed E-state index contributed by atoms with van der Waals surface area (Å²) in [6.45, 7) is 2.37. The number of benzene rings is 2. The highest BCUT2D eigenvalue weighted by Crippen LogP contribution is 2.21. The molecule has 148 valence electrons. The third-order valence-corrected chi connectivity index (χ3v) is 4.42. The molecule has 1 amide bonds. The molecule has 0 aliphatic heterocycles. The van der Waals surface area contributed by atoms with E-state index in [0.29, 0.717) is 35.9 Å². The number of hydrogen-bond donors (Lipinski definition) is 1. The maximum atomic E-state index is 12.2. The zero-order valence-corrected chi connectivity index (χ0v) is 16.9. The Hall–Kier alpha value is -3.18. The number of hydrazone groups is 1. The number of carbonyl (C=O) groups is 1. The van der Waals surface area contributed by atoms with E-state index in [1.165, 1.54) is 0 Å². The maximum absolute atomic E-state index is 12.2. The molecule has 3 rings (SSSR count). The Kier molecular flexibility index (Phi) is 7.36. The molecule has 0 bridgehead atoms. The van der Waals surface area contributed by atoms with Gasteiger partial charge in [0.1, 0.15) is 11.5 Å². The molecule has 2 aromatic carbocycles. The Morgan fingerprint density at radius 3 is 2.62 bits per heavy atom. The standard InChI is InChI=1S/C23H22ClN3O2/c1-17-16-19(24)12-13-21(17)29-15-7-11-22(28)26-27-23(18-8-3-2-4-9-18)20-10-5-6-14-25-20/h2-6,8-10,12-14,16H,7,11,15H2,1H3,(H,26,28)/b27-23+. The van der Waals surface area contributed by atoms with Crippen molar-refractivity contribution in [3.8, 4) is 5.75 Å². The van der Waals surface area contributed by atoms with E-state index in [4.69, 9.17) is 16.3 Å². The minimum absolute atomic E-state index is 0.175. The number of nitrogens with one attached hydrogen (secondary N) is 1. The lowest BCUT2D eigenvalue weighted by Crippen LogP contribution is -2.21. The summed E-state index contributed by atoms with van der Waals surface area (Å²) in [5.41, 5.74) is 5.80. The zero-order chi connectivity index (χ0) is 20.5. The molecule has 1 aromatic heterocycles. The molecule has 0 aliphatic rings. The van der Waals surface area contributed by atoms with E-state index < -0.39 is 0 Å². The molecule has 0 aliphatic carbocycles. The Labute approximate surface area is 175 Å². The van der Waals surface area contributed by atoms with E-state index in [1.54, 1.807) is 12.3 Å². The van der Waals surface area contributed by atoms with Crippen LogP contribution in [-0.2, 0) is 4.79 Å². The molecule has 1 N–H and O–H groups in total. The monoisotopic (exact) mass is 407 g/mol. The van der Waals surface area contributed by atoms with Gasteiger partial charge in [-0.3, -0.25) is 9.78 Å². The number of halogens is 1. The molecular weight excluding hydrogens is 386 g/mol. The van der Waals surface area contributed by atoms with Crippen LogP contribution in [-0.4, -0.2) is 23.2 Å². The van der Waals surface area contributed by atoms with Gasteiger partial charge < -0.3 is 4.74 Å². The highest BCUT2D eigenvalue weighted by molar-refractivity contribution is 6.30. The summed E-state index contributed by atoms with van der Waals surface area (Å²) in [6.07, 6.45) is 2.58. The third kappa shape index (κ3) is 6.16. The van der Waals surface area contributed by atoms with Crippen molar-refractivity contribution in [1.82, 2.24) is 10.4 Å². The molecule has 0 atom stereocenters. The molecule has 0 saturated heterocycles. The molecule has 3 aromatic rings. The van der Waals surface area contributed by atoms with Gasteiger partial charge in [0.2, 0.25) is 5.91 Å². The quantitative estimate of drug-likeness (QED) is 0.332. The van der Waals surface area contributed by atoms with Crippen molar-refractivity contribution in [2.45, 2.75) is 19.8 Å². The van der Waals surface area contributed by atoms with Gasteiger partial charge in [-0.1, -0.05) is 48.0 Å². The number of ether oxygens (including phenoxy) is 1. The van der Waals surface area contributed by atoms with Gasteiger partial charge in [0.15, 0.2) is 0 Å². The summed E-state index contributed by atoms with van der Waals surface area (Å²) in [7, 11) is 0. The molecule has 29 heavy (non-hydrogen) atoms. The summed E-state index contributed by atoms with van der Waals surface area (Å²) >= 11 is 5.94. The Morgan fingerprint density at radius 1 is 1.10 bits per heavy atom. The number of carbonyl (C=O) groups excluding carboxylic acids is 1.